The van der Waals surface area contributed by atoms with Crippen molar-refractivity contribution >= 4 is 11.3 Å². The Hall–Kier alpha value is -0.450. The number of hydrogen-bond donors (Lipinski definition) is 2. The Labute approximate surface area is 95.3 Å². The minimum absolute atomic E-state index is 0.304. The lowest BCUT2D eigenvalue weighted by atomic mass is 10.0. The van der Waals surface area contributed by atoms with Gasteiger partial charge in [0.15, 0.2) is 0 Å². The first kappa shape index (κ1) is 11.0. The maximum atomic E-state index is 4.26. The Morgan fingerprint density at radius 1 is 1.67 bits per heavy atom. The fraction of sp³-hybridized carbons (Fsp3) is 0.727. The van der Waals surface area contributed by atoms with E-state index in [-0.39, 0.29) is 0 Å². The largest absolute Gasteiger partial charge is 0.315 e. The van der Waals surface area contributed by atoms with Crippen LogP contribution in [0.4, 0.5) is 0 Å². The van der Waals surface area contributed by atoms with Crippen molar-refractivity contribution in [3.05, 3.63) is 16.1 Å². The van der Waals surface area contributed by atoms with E-state index in [0.29, 0.717) is 5.54 Å². The molecule has 1 saturated heterocycles. The monoisotopic (exact) mass is 225 g/mol. The Morgan fingerprint density at radius 2 is 2.53 bits per heavy atom. The van der Waals surface area contributed by atoms with Gasteiger partial charge in [0.05, 0.1) is 11.2 Å². The van der Waals surface area contributed by atoms with Crippen LogP contribution in [0.25, 0.3) is 0 Å². The number of aryl methyl sites for hydroxylation is 1. The maximum absolute atomic E-state index is 4.26. The minimum atomic E-state index is 0.304. The van der Waals surface area contributed by atoms with Crippen molar-refractivity contribution in [1.82, 2.24) is 15.6 Å². The van der Waals surface area contributed by atoms with Crippen LogP contribution in [-0.4, -0.2) is 30.2 Å². The van der Waals surface area contributed by atoms with E-state index in [4.69, 9.17) is 0 Å². The van der Waals surface area contributed by atoms with Crippen LogP contribution in [0.3, 0.4) is 0 Å². The highest BCUT2D eigenvalue weighted by Crippen LogP contribution is 2.15. The zero-order chi connectivity index (χ0) is 10.7. The van der Waals surface area contributed by atoms with Gasteiger partial charge in [0.1, 0.15) is 0 Å². The molecule has 1 aromatic heterocycles. The molecular formula is C11H19N3S. The molecule has 3 nitrogen and oxygen atoms in total. The summed E-state index contributed by atoms with van der Waals surface area (Å²) in [5.41, 5.74) is 3.43. The molecule has 2 heterocycles. The second-order valence-corrected chi connectivity index (χ2v) is 5.46. The molecule has 0 spiro atoms. The molecule has 0 bridgehead atoms. The Morgan fingerprint density at radius 3 is 3.13 bits per heavy atom. The standard InChI is InChI=1S/C11H19N3S/c1-9-10(15-8-13-9)3-5-14-11(2)4-6-12-7-11/h8,12,14H,3-7H2,1-2H3. The smallest absolute Gasteiger partial charge is 0.0797 e. The molecule has 4 heteroatoms. The van der Waals surface area contributed by atoms with Crippen LogP contribution < -0.4 is 10.6 Å². The van der Waals surface area contributed by atoms with Gasteiger partial charge in [-0.25, -0.2) is 4.98 Å². The molecule has 2 N–H and O–H groups in total. The Kier molecular flexibility index (Phi) is 3.38. The molecule has 1 aromatic rings. The molecule has 1 atom stereocenters. The lowest BCUT2D eigenvalue weighted by Gasteiger charge is -2.24. The summed E-state index contributed by atoms with van der Waals surface area (Å²) in [6.07, 6.45) is 2.33. The van der Waals surface area contributed by atoms with Crippen LogP contribution >= 0.6 is 11.3 Å². The fourth-order valence-electron chi connectivity index (χ4n) is 2.01. The van der Waals surface area contributed by atoms with Crippen molar-refractivity contribution in [3.63, 3.8) is 0 Å². The highest BCUT2D eigenvalue weighted by molar-refractivity contribution is 7.09. The second-order valence-electron chi connectivity index (χ2n) is 4.53. The Balaban J connectivity index is 1.77. The summed E-state index contributed by atoms with van der Waals surface area (Å²) in [4.78, 5) is 5.68. The van der Waals surface area contributed by atoms with Crippen LogP contribution in [0.2, 0.25) is 0 Å². The normalized spacial score (nSPS) is 26.0. The molecule has 15 heavy (non-hydrogen) atoms. The number of aromatic nitrogens is 1. The Bertz CT molecular complexity index is 315. The van der Waals surface area contributed by atoms with Gasteiger partial charge in [-0.1, -0.05) is 0 Å². The van der Waals surface area contributed by atoms with Crippen molar-refractivity contribution < 1.29 is 0 Å². The number of hydrogen-bond acceptors (Lipinski definition) is 4. The molecule has 1 aliphatic heterocycles. The molecule has 0 radical (unpaired) electrons. The van der Waals surface area contributed by atoms with E-state index in [1.807, 2.05) is 5.51 Å². The topological polar surface area (TPSA) is 37.0 Å². The van der Waals surface area contributed by atoms with Crippen LogP contribution in [0, 0.1) is 6.92 Å². The van der Waals surface area contributed by atoms with Gasteiger partial charge in [-0.3, -0.25) is 0 Å². The van der Waals surface area contributed by atoms with Gasteiger partial charge in [-0.2, -0.15) is 0 Å². The van der Waals surface area contributed by atoms with Crippen molar-refractivity contribution in [1.29, 1.82) is 0 Å². The fourth-order valence-corrected chi connectivity index (χ4v) is 2.79. The van der Waals surface area contributed by atoms with Crippen molar-refractivity contribution in [2.75, 3.05) is 19.6 Å². The van der Waals surface area contributed by atoms with Crippen LogP contribution in [0.1, 0.15) is 23.9 Å². The van der Waals surface area contributed by atoms with E-state index in [2.05, 4.69) is 29.5 Å². The first-order valence-electron chi connectivity index (χ1n) is 5.54. The van der Waals surface area contributed by atoms with E-state index in [1.54, 1.807) is 11.3 Å². The van der Waals surface area contributed by atoms with Crippen molar-refractivity contribution in [2.24, 2.45) is 0 Å². The zero-order valence-corrected chi connectivity index (χ0v) is 10.3. The molecule has 0 aromatic carbocycles. The highest BCUT2D eigenvalue weighted by Gasteiger charge is 2.27. The van der Waals surface area contributed by atoms with Crippen molar-refractivity contribution in [2.45, 2.75) is 32.2 Å². The minimum Gasteiger partial charge on any atom is -0.315 e. The molecule has 2 rings (SSSR count). The summed E-state index contributed by atoms with van der Waals surface area (Å²) in [6, 6.07) is 0. The van der Waals surface area contributed by atoms with Crippen LogP contribution in [0.15, 0.2) is 5.51 Å². The molecule has 0 amide bonds. The number of rotatable bonds is 4. The average molecular weight is 225 g/mol. The first-order chi connectivity index (χ1) is 7.20. The number of thiazole rings is 1. The number of nitrogens with zero attached hydrogens (tertiary/aromatic N) is 1. The SMILES string of the molecule is Cc1ncsc1CCNC1(C)CCNC1. The van der Waals surface area contributed by atoms with Gasteiger partial charge in [-0.15, -0.1) is 11.3 Å². The van der Waals surface area contributed by atoms with Crippen LogP contribution in [0.5, 0.6) is 0 Å². The van der Waals surface area contributed by atoms with Crippen molar-refractivity contribution in [3.8, 4) is 0 Å². The lowest BCUT2D eigenvalue weighted by molar-refractivity contribution is 0.391. The van der Waals surface area contributed by atoms with E-state index in [0.717, 1.165) is 26.1 Å². The second kappa shape index (κ2) is 4.60. The quantitative estimate of drug-likeness (QED) is 0.812. The summed E-state index contributed by atoms with van der Waals surface area (Å²) in [7, 11) is 0. The zero-order valence-electron chi connectivity index (χ0n) is 9.47. The van der Waals surface area contributed by atoms with E-state index >= 15 is 0 Å². The number of nitrogens with one attached hydrogen (secondary N) is 2. The summed E-state index contributed by atoms with van der Waals surface area (Å²) >= 11 is 1.76. The van der Waals surface area contributed by atoms with Gasteiger partial charge in [-0.05, 0) is 33.2 Å². The maximum Gasteiger partial charge on any atom is 0.0797 e. The average Bonchev–Trinajstić information content (AvgIpc) is 2.78. The molecule has 1 fully saturated rings. The third-order valence-electron chi connectivity index (χ3n) is 3.12. The summed E-state index contributed by atoms with van der Waals surface area (Å²) in [5.74, 6) is 0. The lowest BCUT2D eigenvalue weighted by Crippen LogP contribution is -2.44. The first-order valence-corrected chi connectivity index (χ1v) is 6.42. The summed E-state index contributed by atoms with van der Waals surface area (Å²) < 4.78 is 0. The van der Waals surface area contributed by atoms with E-state index in [9.17, 15) is 0 Å². The predicted molar refractivity (Wildman–Crippen MR) is 64.4 cm³/mol. The highest BCUT2D eigenvalue weighted by atomic mass is 32.1. The molecule has 0 saturated carbocycles. The molecule has 0 aliphatic carbocycles. The third-order valence-corrected chi connectivity index (χ3v) is 4.11. The van der Waals surface area contributed by atoms with E-state index in [1.165, 1.54) is 17.0 Å². The van der Waals surface area contributed by atoms with Gasteiger partial charge >= 0.3 is 0 Å². The molecule has 1 aliphatic rings. The third kappa shape index (κ3) is 2.77. The van der Waals surface area contributed by atoms with Gasteiger partial charge in [0.2, 0.25) is 0 Å². The summed E-state index contributed by atoms with van der Waals surface area (Å²) in [5, 5.41) is 7.04. The van der Waals surface area contributed by atoms with Gasteiger partial charge < -0.3 is 10.6 Å². The predicted octanol–water partition coefficient (Wildman–Crippen LogP) is 1.34. The molecule has 84 valence electrons. The van der Waals surface area contributed by atoms with Gasteiger partial charge in [0.25, 0.3) is 0 Å². The van der Waals surface area contributed by atoms with Crippen LogP contribution in [-0.2, 0) is 6.42 Å². The van der Waals surface area contributed by atoms with Gasteiger partial charge in [0, 0.05) is 23.5 Å². The van der Waals surface area contributed by atoms with E-state index < -0.39 is 0 Å². The molecule has 1 unspecified atom stereocenters. The molecular weight excluding hydrogens is 206 g/mol. The summed E-state index contributed by atoms with van der Waals surface area (Å²) in [6.45, 7) is 7.68.